The number of hydrogen-bond acceptors (Lipinski definition) is 5. The first-order valence-electron chi connectivity index (χ1n) is 8.96. The van der Waals surface area contributed by atoms with Gasteiger partial charge in [-0.3, -0.25) is 14.5 Å². The highest BCUT2D eigenvalue weighted by Gasteiger charge is 2.27. The predicted octanol–water partition coefficient (Wildman–Crippen LogP) is 1.07. The molecule has 8 heteroatoms. The minimum atomic E-state index is -0.130. The zero-order chi connectivity index (χ0) is 18.0. The fraction of sp³-hybridized carbons (Fsp3) is 0.706. The lowest BCUT2D eigenvalue weighted by molar-refractivity contribution is -0.135. The van der Waals surface area contributed by atoms with E-state index in [0.717, 1.165) is 51.3 Å². The first kappa shape index (κ1) is 18.4. The molecule has 0 N–H and O–H groups in total. The normalized spacial score (nSPS) is 22.3. The maximum atomic E-state index is 12.6. The van der Waals surface area contributed by atoms with Gasteiger partial charge in [0.05, 0.1) is 18.4 Å². The molecule has 3 heterocycles. The number of aromatic nitrogens is 2. The van der Waals surface area contributed by atoms with E-state index < -0.39 is 0 Å². The summed E-state index contributed by atoms with van der Waals surface area (Å²) in [7, 11) is 1.64. The van der Waals surface area contributed by atoms with Crippen LogP contribution >= 0.6 is 15.9 Å². The molecular weight excluding hydrogens is 386 g/mol. The fourth-order valence-electron chi connectivity index (χ4n) is 3.62. The summed E-state index contributed by atoms with van der Waals surface area (Å²) in [6, 6.07) is 0.366. The van der Waals surface area contributed by atoms with Gasteiger partial charge in [0, 0.05) is 45.8 Å². The average molecular weight is 412 g/mol. The Bertz CT molecular complexity index is 684. The number of nitrogens with zero attached hydrogens (tertiary/aromatic N) is 5. The molecule has 138 valence electrons. The number of likely N-dealkylation sites (tertiary alicyclic amines) is 1. The van der Waals surface area contributed by atoms with Crippen molar-refractivity contribution >= 4 is 27.5 Å². The van der Waals surface area contributed by atoms with Crippen LogP contribution in [-0.4, -0.2) is 70.8 Å². The highest BCUT2D eigenvalue weighted by molar-refractivity contribution is 9.10. The van der Waals surface area contributed by atoms with Gasteiger partial charge in [-0.1, -0.05) is 0 Å². The predicted molar refractivity (Wildman–Crippen MR) is 101 cm³/mol. The second kappa shape index (κ2) is 7.86. The lowest BCUT2D eigenvalue weighted by Crippen LogP contribution is -2.52. The zero-order valence-corrected chi connectivity index (χ0v) is 16.5. The molecule has 25 heavy (non-hydrogen) atoms. The maximum Gasteiger partial charge on any atom is 0.282 e. The van der Waals surface area contributed by atoms with Gasteiger partial charge in [0.25, 0.3) is 5.56 Å². The minimum Gasteiger partial charge on any atom is -0.367 e. The molecular formula is C17H26BrN5O2. The summed E-state index contributed by atoms with van der Waals surface area (Å²) >= 11 is 3.39. The molecule has 0 aromatic carbocycles. The van der Waals surface area contributed by atoms with E-state index in [2.05, 4.69) is 37.8 Å². The van der Waals surface area contributed by atoms with Gasteiger partial charge in [0.2, 0.25) is 5.91 Å². The highest BCUT2D eigenvalue weighted by Crippen LogP contribution is 2.23. The van der Waals surface area contributed by atoms with Crippen molar-refractivity contribution in [2.45, 2.75) is 32.2 Å². The van der Waals surface area contributed by atoms with Gasteiger partial charge in [-0.25, -0.2) is 4.68 Å². The first-order chi connectivity index (χ1) is 12.0. The maximum absolute atomic E-state index is 12.6. The largest absolute Gasteiger partial charge is 0.367 e. The zero-order valence-electron chi connectivity index (χ0n) is 14.9. The summed E-state index contributed by atoms with van der Waals surface area (Å²) in [5.41, 5.74) is 0.702. The summed E-state index contributed by atoms with van der Waals surface area (Å²) in [6.45, 7) is 6.74. The molecule has 1 unspecified atom stereocenters. The lowest BCUT2D eigenvalue weighted by atomic mass is 10.0. The second-order valence-corrected chi connectivity index (χ2v) is 7.76. The number of piperazine rings is 1. The molecule has 1 amide bonds. The van der Waals surface area contributed by atoms with E-state index in [1.807, 2.05) is 4.90 Å². The molecule has 0 spiro atoms. The molecule has 0 bridgehead atoms. The Hall–Kier alpha value is -1.41. The highest BCUT2D eigenvalue weighted by atomic mass is 79.9. The number of carbonyl (C=O) groups is 1. The summed E-state index contributed by atoms with van der Waals surface area (Å²) in [5.74, 6) is 0.247. The number of anilines is 1. The summed E-state index contributed by atoms with van der Waals surface area (Å²) in [5, 5.41) is 4.11. The van der Waals surface area contributed by atoms with E-state index in [-0.39, 0.29) is 11.5 Å². The first-order valence-corrected chi connectivity index (χ1v) is 9.75. The van der Waals surface area contributed by atoms with Crippen molar-refractivity contribution in [2.75, 3.05) is 44.2 Å². The Kier molecular flexibility index (Phi) is 5.78. The summed E-state index contributed by atoms with van der Waals surface area (Å²) in [4.78, 5) is 31.0. The van der Waals surface area contributed by atoms with Crippen LogP contribution in [0.15, 0.2) is 15.5 Å². The van der Waals surface area contributed by atoms with Gasteiger partial charge in [-0.05, 0) is 42.1 Å². The molecule has 2 aliphatic rings. The Labute approximate surface area is 156 Å². The number of hydrogen-bond donors (Lipinski definition) is 0. The third kappa shape index (κ3) is 4.06. The van der Waals surface area contributed by atoms with Gasteiger partial charge >= 0.3 is 0 Å². The van der Waals surface area contributed by atoms with Crippen LogP contribution in [0.25, 0.3) is 0 Å². The Morgan fingerprint density at radius 2 is 1.96 bits per heavy atom. The molecule has 0 saturated carbocycles. The monoisotopic (exact) mass is 411 g/mol. The van der Waals surface area contributed by atoms with Gasteiger partial charge in [-0.15, -0.1) is 0 Å². The number of piperidine rings is 1. The molecule has 0 radical (unpaired) electrons. The van der Waals surface area contributed by atoms with Crippen molar-refractivity contribution in [1.82, 2.24) is 19.6 Å². The smallest absolute Gasteiger partial charge is 0.282 e. The third-order valence-electron chi connectivity index (χ3n) is 5.25. The van der Waals surface area contributed by atoms with Crippen LogP contribution in [0.5, 0.6) is 0 Å². The minimum absolute atomic E-state index is 0.130. The number of aryl methyl sites for hydroxylation is 1. The van der Waals surface area contributed by atoms with E-state index in [1.165, 1.54) is 11.1 Å². The van der Waals surface area contributed by atoms with Crippen LogP contribution in [0.2, 0.25) is 0 Å². The Morgan fingerprint density at radius 3 is 2.64 bits per heavy atom. The van der Waals surface area contributed by atoms with Crippen LogP contribution in [-0.2, 0) is 11.8 Å². The standard InChI is InChI=1S/C17H26BrN5O2/c1-13-5-3-4-6-23(13)15(24)12-21-7-9-22(10-8-21)14-11-19-20(2)17(25)16(14)18/h11,13H,3-10,12H2,1-2H3. The SMILES string of the molecule is CC1CCCCN1C(=O)CN1CCN(c2cnn(C)c(=O)c2Br)CC1. The topological polar surface area (TPSA) is 61.7 Å². The van der Waals surface area contributed by atoms with Crippen LogP contribution in [0.4, 0.5) is 5.69 Å². The van der Waals surface area contributed by atoms with Crippen LogP contribution < -0.4 is 10.5 Å². The Balaban J connectivity index is 1.56. The average Bonchev–Trinajstić information content (AvgIpc) is 2.61. The van der Waals surface area contributed by atoms with Crippen molar-refractivity contribution in [1.29, 1.82) is 0 Å². The van der Waals surface area contributed by atoms with Crippen molar-refractivity contribution in [3.05, 3.63) is 21.0 Å². The summed E-state index contributed by atoms with van der Waals surface area (Å²) in [6.07, 6.45) is 5.18. The van der Waals surface area contributed by atoms with Crippen molar-refractivity contribution in [2.24, 2.45) is 7.05 Å². The molecule has 3 rings (SSSR count). The van der Waals surface area contributed by atoms with E-state index in [1.54, 1.807) is 13.2 Å². The van der Waals surface area contributed by atoms with E-state index in [4.69, 9.17) is 0 Å². The molecule has 2 aliphatic heterocycles. The number of rotatable bonds is 3. The molecule has 2 fully saturated rings. The van der Waals surface area contributed by atoms with E-state index in [0.29, 0.717) is 17.1 Å². The van der Waals surface area contributed by atoms with Gasteiger partial charge in [-0.2, -0.15) is 5.10 Å². The number of halogens is 1. The fourth-order valence-corrected chi connectivity index (χ4v) is 4.23. The van der Waals surface area contributed by atoms with Crippen molar-refractivity contribution < 1.29 is 4.79 Å². The molecule has 2 saturated heterocycles. The number of carbonyl (C=O) groups excluding carboxylic acids is 1. The van der Waals surface area contributed by atoms with Gasteiger partial charge in [0.15, 0.2) is 0 Å². The second-order valence-electron chi connectivity index (χ2n) is 6.97. The van der Waals surface area contributed by atoms with Gasteiger partial charge in [0.1, 0.15) is 4.47 Å². The number of amides is 1. The molecule has 0 aliphatic carbocycles. The third-order valence-corrected chi connectivity index (χ3v) is 6.00. The van der Waals surface area contributed by atoms with Crippen LogP contribution in [0.1, 0.15) is 26.2 Å². The van der Waals surface area contributed by atoms with Crippen LogP contribution in [0.3, 0.4) is 0 Å². The van der Waals surface area contributed by atoms with Crippen molar-refractivity contribution in [3.63, 3.8) is 0 Å². The summed E-state index contributed by atoms with van der Waals surface area (Å²) < 4.78 is 1.87. The molecule has 1 aromatic rings. The van der Waals surface area contributed by atoms with E-state index in [9.17, 15) is 9.59 Å². The molecule has 1 atom stereocenters. The quantitative estimate of drug-likeness (QED) is 0.744. The Morgan fingerprint density at radius 1 is 1.24 bits per heavy atom. The van der Waals surface area contributed by atoms with Crippen LogP contribution in [0, 0.1) is 0 Å². The molecule has 1 aromatic heterocycles. The lowest BCUT2D eigenvalue weighted by Gasteiger charge is -2.38. The molecule has 7 nitrogen and oxygen atoms in total. The van der Waals surface area contributed by atoms with E-state index >= 15 is 0 Å². The van der Waals surface area contributed by atoms with Crippen molar-refractivity contribution in [3.8, 4) is 0 Å². The van der Waals surface area contributed by atoms with Gasteiger partial charge < -0.3 is 9.80 Å².